The number of hydrogen-bond donors (Lipinski definition) is 1. The number of piperazine rings is 1. The number of carbonyl (C=O) groups is 2. The van der Waals surface area contributed by atoms with Crippen LogP contribution in [-0.4, -0.2) is 47.9 Å². The summed E-state index contributed by atoms with van der Waals surface area (Å²) in [6.45, 7) is 2.15. The van der Waals surface area contributed by atoms with Gasteiger partial charge in [-0.25, -0.2) is 4.79 Å². The number of rotatable bonds is 3. The summed E-state index contributed by atoms with van der Waals surface area (Å²) < 4.78 is 0. The lowest BCUT2D eigenvalue weighted by molar-refractivity contribution is 0.0665. The molecule has 0 aromatic heterocycles. The standard InChI is InChI=1S/C19H18Cl3N3O2/c20-15-3-1-2-13(10-15)18(26)24-6-8-25(9-7-24)19(27)23-12-14-11-16(21)4-5-17(14)22/h1-5,10-11H,6-9,12H2,(H,23,27). The first-order chi connectivity index (χ1) is 12.9. The summed E-state index contributed by atoms with van der Waals surface area (Å²) >= 11 is 18.0. The minimum Gasteiger partial charge on any atom is -0.335 e. The molecule has 1 heterocycles. The molecule has 0 unspecified atom stereocenters. The maximum absolute atomic E-state index is 12.5. The van der Waals surface area contributed by atoms with Gasteiger partial charge in [-0.1, -0.05) is 40.9 Å². The fraction of sp³-hybridized carbons (Fsp3) is 0.263. The molecule has 1 saturated heterocycles. The van der Waals surface area contributed by atoms with E-state index in [-0.39, 0.29) is 11.9 Å². The maximum atomic E-state index is 12.5. The van der Waals surface area contributed by atoms with Crippen molar-refractivity contribution in [3.05, 3.63) is 68.7 Å². The number of nitrogens with zero attached hydrogens (tertiary/aromatic N) is 2. The monoisotopic (exact) mass is 425 g/mol. The van der Waals surface area contributed by atoms with E-state index in [9.17, 15) is 9.59 Å². The van der Waals surface area contributed by atoms with Crippen LogP contribution in [0.1, 0.15) is 15.9 Å². The van der Waals surface area contributed by atoms with Crippen LogP contribution >= 0.6 is 34.8 Å². The van der Waals surface area contributed by atoms with Gasteiger partial charge in [0.2, 0.25) is 0 Å². The first-order valence-electron chi connectivity index (χ1n) is 8.45. The van der Waals surface area contributed by atoms with E-state index in [1.807, 2.05) is 0 Å². The van der Waals surface area contributed by atoms with E-state index < -0.39 is 0 Å². The van der Waals surface area contributed by atoms with E-state index in [1.165, 1.54) is 0 Å². The summed E-state index contributed by atoms with van der Waals surface area (Å²) in [5.41, 5.74) is 1.31. The third-order valence-corrected chi connectivity index (χ3v) is 5.20. The van der Waals surface area contributed by atoms with Crippen LogP contribution in [0.15, 0.2) is 42.5 Å². The molecule has 3 rings (SSSR count). The van der Waals surface area contributed by atoms with Gasteiger partial charge in [0.25, 0.3) is 5.91 Å². The fourth-order valence-corrected chi connectivity index (χ4v) is 3.45. The van der Waals surface area contributed by atoms with Gasteiger partial charge in [0.05, 0.1) is 0 Å². The molecule has 1 aliphatic rings. The molecule has 8 heteroatoms. The maximum Gasteiger partial charge on any atom is 0.317 e. The van der Waals surface area contributed by atoms with Gasteiger partial charge >= 0.3 is 6.03 Å². The molecule has 142 valence electrons. The Labute approximate surface area is 172 Å². The average molecular weight is 427 g/mol. The van der Waals surface area contributed by atoms with Gasteiger partial charge in [-0.2, -0.15) is 0 Å². The fourth-order valence-electron chi connectivity index (χ4n) is 2.88. The van der Waals surface area contributed by atoms with Gasteiger partial charge in [-0.3, -0.25) is 4.79 Å². The van der Waals surface area contributed by atoms with Crippen LogP contribution in [0.5, 0.6) is 0 Å². The Hall–Kier alpha value is -1.95. The van der Waals surface area contributed by atoms with Gasteiger partial charge in [0, 0.05) is 53.4 Å². The second-order valence-electron chi connectivity index (χ2n) is 6.18. The third-order valence-electron chi connectivity index (χ3n) is 4.36. The second kappa shape index (κ2) is 8.83. The molecular weight excluding hydrogens is 409 g/mol. The number of halogens is 3. The lowest BCUT2D eigenvalue weighted by atomic mass is 10.2. The number of carbonyl (C=O) groups excluding carboxylic acids is 2. The minimum absolute atomic E-state index is 0.0803. The van der Waals surface area contributed by atoms with Crippen LogP contribution in [-0.2, 0) is 6.54 Å². The Bertz CT molecular complexity index is 852. The number of hydrogen-bond acceptors (Lipinski definition) is 2. The number of nitrogens with one attached hydrogen (secondary N) is 1. The van der Waals surface area contributed by atoms with Crippen molar-refractivity contribution in [3.63, 3.8) is 0 Å². The Morgan fingerprint density at radius 2 is 1.56 bits per heavy atom. The molecule has 0 atom stereocenters. The third kappa shape index (κ3) is 5.06. The summed E-state index contributed by atoms with van der Waals surface area (Å²) in [6, 6.07) is 11.8. The molecule has 2 aromatic rings. The predicted octanol–water partition coefficient (Wildman–Crippen LogP) is 4.31. The zero-order valence-electron chi connectivity index (χ0n) is 14.4. The number of urea groups is 1. The van der Waals surface area contributed by atoms with Crippen LogP contribution in [0, 0.1) is 0 Å². The number of amides is 3. The van der Waals surface area contributed by atoms with Crippen molar-refractivity contribution >= 4 is 46.7 Å². The van der Waals surface area contributed by atoms with Crippen molar-refractivity contribution in [3.8, 4) is 0 Å². The molecule has 1 aliphatic heterocycles. The van der Waals surface area contributed by atoms with Crippen molar-refractivity contribution in [2.75, 3.05) is 26.2 Å². The lowest BCUT2D eigenvalue weighted by Gasteiger charge is -2.34. The van der Waals surface area contributed by atoms with Gasteiger partial charge in [-0.15, -0.1) is 0 Å². The molecule has 2 aromatic carbocycles. The molecule has 3 amide bonds. The zero-order valence-corrected chi connectivity index (χ0v) is 16.7. The highest BCUT2D eigenvalue weighted by atomic mass is 35.5. The highest BCUT2D eigenvalue weighted by Crippen LogP contribution is 2.20. The Balaban J connectivity index is 1.52. The van der Waals surface area contributed by atoms with Gasteiger partial charge in [0.1, 0.15) is 0 Å². The van der Waals surface area contributed by atoms with Crippen LogP contribution < -0.4 is 5.32 Å². The molecule has 0 saturated carbocycles. The topological polar surface area (TPSA) is 52.7 Å². The van der Waals surface area contributed by atoms with Crippen LogP contribution in [0.25, 0.3) is 0 Å². The smallest absolute Gasteiger partial charge is 0.317 e. The molecule has 0 spiro atoms. The van der Waals surface area contributed by atoms with Crippen molar-refractivity contribution < 1.29 is 9.59 Å². The van der Waals surface area contributed by atoms with Crippen molar-refractivity contribution in [1.82, 2.24) is 15.1 Å². The summed E-state index contributed by atoms with van der Waals surface area (Å²) in [5, 5.41) is 4.49. The Kier molecular flexibility index (Phi) is 6.47. The van der Waals surface area contributed by atoms with E-state index in [0.717, 1.165) is 5.56 Å². The normalized spacial score (nSPS) is 14.2. The lowest BCUT2D eigenvalue weighted by Crippen LogP contribution is -2.53. The van der Waals surface area contributed by atoms with Gasteiger partial charge < -0.3 is 15.1 Å². The quantitative estimate of drug-likeness (QED) is 0.795. The molecule has 0 bridgehead atoms. The Morgan fingerprint density at radius 1 is 0.889 bits per heavy atom. The highest BCUT2D eigenvalue weighted by Gasteiger charge is 2.25. The minimum atomic E-state index is -0.194. The zero-order chi connectivity index (χ0) is 19.4. The summed E-state index contributed by atoms with van der Waals surface area (Å²) in [7, 11) is 0. The van der Waals surface area contributed by atoms with Gasteiger partial charge in [0.15, 0.2) is 0 Å². The highest BCUT2D eigenvalue weighted by molar-refractivity contribution is 6.33. The van der Waals surface area contributed by atoms with Crippen molar-refractivity contribution in [1.29, 1.82) is 0 Å². The van der Waals surface area contributed by atoms with Crippen molar-refractivity contribution in [2.24, 2.45) is 0 Å². The average Bonchev–Trinajstić information content (AvgIpc) is 2.68. The molecular formula is C19H18Cl3N3O2. The van der Waals surface area contributed by atoms with Crippen LogP contribution in [0.2, 0.25) is 15.1 Å². The predicted molar refractivity (Wildman–Crippen MR) is 108 cm³/mol. The largest absolute Gasteiger partial charge is 0.335 e. The molecule has 27 heavy (non-hydrogen) atoms. The Morgan fingerprint density at radius 3 is 2.26 bits per heavy atom. The molecule has 0 aliphatic carbocycles. The van der Waals surface area contributed by atoms with Crippen molar-refractivity contribution in [2.45, 2.75) is 6.54 Å². The number of benzene rings is 2. The van der Waals surface area contributed by atoms with E-state index in [4.69, 9.17) is 34.8 Å². The second-order valence-corrected chi connectivity index (χ2v) is 7.46. The molecule has 0 radical (unpaired) electrons. The van der Waals surface area contributed by atoms with Crippen LogP contribution in [0.4, 0.5) is 4.79 Å². The molecule has 1 N–H and O–H groups in total. The SMILES string of the molecule is O=C(NCc1cc(Cl)ccc1Cl)N1CCN(C(=O)c2cccc(Cl)c2)CC1. The molecule has 1 fully saturated rings. The van der Waals surface area contributed by atoms with Gasteiger partial charge in [-0.05, 0) is 42.0 Å². The van der Waals surface area contributed by atoms with Crippen LogP contribution in [0.3, 0.4) is 0 Å². The molecule has 5 nitrogen and oxygen atoms in total. The first kappa shape index (κ1) is 19.8. The van der Waals surface area contributed by atoms with E-state index in [1.54, 1.807) is 52.3 Å². The van der Waals surface area contributed by atoms with E-state index in [2.05, 4.69) is 5.32 Å². The summed E-state index contributed by atoms with van der Waals surface area (Å²) in [6.07, 6.45) is 0. The first-order valence-corrected chi connectivity index (χ1v) is 9.59. The van der Waals surface area contributed by atoms with E-state index >= 15 is 0 Å². The summed E-state index contributed by atoms with van der Waals surface area (Å²) in [4.78, 5) is 28.3. The van der Waals surface area contributed by atoms with E-state index in [0.29, 0.717) is 53.4 Å². The summed E-state index contributed by atoms with van der Waals surface area (Å²) in [5.74, 6) is -0.0803.